The molecule has 0 aliphatic heterocycles. The van der Waals surface area contributed by atoms with Gasteiger partial charge in [-0.15, -0.1) is 0 Å². The van der Waals surface area contributed by atoms with Crippen LogP contribution in [0.1, 0.15) is 34.0 Å². The molecule has 0 aliphatic carbocycles. The number of hydrogen-bond acceptors (Lipinski definition) is 2. The van der Waals surface area contributed by atoms with Gasteiger partial charge in [-0.3, -0.25) is 9.79 Å². The molecule has 0 aromatic heterocycles. The maximum atomic E-state index is 12.1. The van der Waals surface area contributed by atoms with E-state index >= 15 is 0 Å². The van der Waals surface area contributed by atoms with Crippen LogP contribution >= 0.6 is 0 Å². The van der Waals surface area contributed by atoms with E-state index in [-0.39, 0.29) is 5.91 Å². The number of nitrogens with one attached hydrogen (secondary N) is 2. The van der Waals surface area contributed by atoms with Gasteiger partial charge in [0.25, 0.3) is 5.91 Å². The number of guanidine groups is 1. The molecule has 0 spiro atoms. The van der Waals surface area contributed by atoms with E-state index in [0.29, 0.717) is 0 Å². The van der Waals surface area contributed by atoms with Crippen molar-refractivity contribution in [1.82, 2.24) is 15.5 Å². The molecule has 2 aromatic rings. The molecule has 2 aromatic carbocycles. The molecule has 144 valence electrons. The number of aliphatic imine (C=N–C) groups is 1. The number of benzene rings is 2. The van der Waals surface area contributed by atoms with Crippen molar-refractivity contribution in [2.45, 2.75) is 26.3 Å². The first kappa shape index (κ1) is 20.5. The lowest BCUT2D eigenvalue weighted by Gasteiger charge is -2.14. The third-order valence-electron chi connectivity index (χ3n) is 4.46. The van der Waals surface area contributed by atoms with Gasteiger partial charge < -0.3 is 15.5 Å². The Kier molecular flexibility index (Phi) is 7.86. The minimum atomic E-state index is 0.0249. The van der Waals surface area contributed by atoms with E-state index in [1.807, 2.05) is 24.3 Å². The Labute approximate surface area is 162 Å². The molecule has 2 N–H and O–H groups in total. The molecule has 0 radical (unpaired) electrons. The molecule has 0 saturated carbocycles. The predicted molar refractivity (Wildman–Crippen MR) is 112 cm³/mol. The third-order valence-corrected chi connectivity index (χ3v) is 4.46. The van der Waals surface area contributed by atoms with Gasteiger partial charge in [0.15, 0.2) is 5.96 Å². The van der Waals surface area contributed by atoms with E-state index in [4.69, 9.17) is 0 Å². The molecule has 5 heteroatoms. The molecule has 0 fully saturated rings. The predicted octanol–water partition coefficient (Wildman–Crippen LogP) is 2.86. The molecule has 0 saturated heterocycles. The van der Waals surface area contributed by atoms with Crippen LogP contribution in [0.5, 0.6) is 0 Å². The first-order valence-corrected chi connectivity index (χ1v) is 9.37. The fourth-order valence-electron chi connectivity index (χ4n) is 2.92. The smallest absolute Gasteiger partial charge is 0.253 e. The fraction of sp³-hybridized carbons (Fsp3) is 0.364. The average Bonchev–Trinajstić information content (AvgIpc) is 2.70. The van der Waals surface area contributed by atoms with Crippen molar-refractivity contribution in [3.63, 3.8) is 0 Å². The summed E-state index contributed by atoms with van der Waals surface area (Å²) in [5.41, 5.74) is 4.49. The van der Waals surface area contributed by atoms with Gasteiger partial charge in [-0.25, -0.2) is 0 Å². The summed E-state index contributed by atoms with van der Waals surface area (Å²) in [7, 11) is 5.31. The molecule has 1 amide bonds. The Morgan fingerprint density at radius 3 is 2.44 bits per heavy atom. The lowest BCUT2D eigenvalue weighted by Crippen LogP contribution is -2.38. The van der Waals surface area contributed by atoms with Crippen LogP contribution in [-0.2, 0) is 19.4 Å². The summed E-state index contributed by atoms with van der Waals surface area (Å²) in [6.45, 7) is 3.66. The lowest BCUT2D eigenvalue weighted by molar-refractivity contribution is 0.0827. The summed E-state index contributed by atoms with van der Waals surface area (Å²) in [4.78, 5) is 18.0. The van der Waals surface area contributed by atoms with Gasteiger partial charge in [-0.1, -0.05) is 43.3 Å². The van der Waals surface area contributed by atoms with E-state index in [0.717, 1.165) is 43.0 Å². The van der Waals surface area contributed by atoms with E-state index in [9.17, 15) is 4.79 Å². The fourth-order valence-corrected chi connectivity index (χ4v) is 2.92. The van der Waals surface area contributed by atoms with Gasteiger partial charge in [-0.05, 0) is 41.7 Å². The maximum absolute atomic E-state index is 12.1. The normalized spacial score (nSPS) is 11.2. The van der Waals surface area contributed by atoms with Crippen LogP contribution in [0.3, 0.4) is 0 Å². The van der Waals surface area contributed by atoms with Crippen molar-refractivity contribution in [2.75, 3.05) is 27.7 Å². The van der Waals surface area contributed by atoms with Crippen molar-refractivity contribution in [1.29, 1.82) is 0 Å². The summed E-state index contributed by atoms with van der Waals surface area (Å²) in [5, 5.41) is 6.71. The molecule has 5 nitrogen and oxygen atoms in total. The highest BCUT2D eigenvalue weighted by atomic mass is 16.2. The number of carbonyl (C=O) groups excluding carboxylic acids is 1. The van der Waals surface area contributed by atoms with Crippen LogP contribution in [-0.4, -0.2) is 44.5 Å². The first-order valence-electron chi connectivity index (χ1n) is 9.37. The highest BCUT2D eigenvalue weighted by Crippen LogP contribution is 2.09. The van der Waals surface area contributed by atoms with Gasteiger partial charge in [0.05, 0.1) is 0 Å². The average molecular weight is 367 g/mol. The van der Waals surface area contributed by atoms with Crippen LogP contribution < -0.4 is 10.6 Å². The van der Waals surface area contributed by atoms with Crippen molar-refractivity contribution in [3.05, 3.63) is 70.8 Å². The molecular weight excluding hydrogens is 336 g/mol. The SMILES string of the molecule is CCc1ccccc1CNC(=NC)NCCc1cccc(C(=O)N(C)C)c1. The maximum Gasteiger partial charge on any atom is 0.253 e. The van der Waals surface area contributed by atoms with E-state index < -0.39 is 0 Å². The topological polar surface area (TPSA) is 56.7 Å². The Morgan fingerprint density at radius 1 is 1.04 bits per heavy atom. The number of amides is 1. The highest BCUT2D eigenvalue weighted by Gasteiger charge is 2.08. The van der Waals surface area contributed by atoms with Crippen molar-refractivity contribution in [3.8, 4) is 0 Å². The monoisotopic (exact) mass is 366 g/mol. The first-order chi connectivity index (χ1) is 13.0. The Hall–Kier alpha value is -2.82. The quantitative estimate of drug-likeness (QED) is 0.585. The van der Waals surface area contributed by atoms with E-state index in [1.54, 1.807) is 26.0 Å². The largest absolute Gasteiger partial charge is 0.356 e. The summed E-state index contributed by atoms with van der Waals surface area (Å²) in [6, 6.07) is 16.2. The van der Waals surface area contributed by atoms with E-state index in [2.05, 4.69) is 46.8 Å². The molecule has 27 heavy (non-hydrogen) atoms. The Balaban J connectivity index is 1.86. The van der Waals surface area contributed by atoms with Gasteiger partial charge in [0.1, 0.15) is 0 Å². The number of hydrogen-bond donors (Lipinski definition) is 2. The number of aryl methyl sites for hydroxylation is 1. The van der Waals surface area contributed by atoms with Crippen LogP contribution in [0, 0.1) is 0 Å². The van der Waals surface area contributed by atoms with Crippen molar-refractivity contribution < 1.29 is 4.79 Å². The molecule has 0 heterocycles. The second-order valence-corrected chi connectivity index (χ2v) is 6.62. The minimum Gasteiger partial charge on any atom is -0.356 e. The second kappa shape index (κ2) is 10.4. The summed E-state index contributed by atoms with van der Waals surface area (Å²) in [5.74, 6) is 0.804. The van der Waals surface area contributed by atoms with Gasteiger partial charge in [0, 0.05) is 39.8 Å². The van der Waals surface area contributed by atoms with Crippen LogP contribution in [0.2, 0.25) is 0 Å². The molecule has 0 aliphatic rings. The summed E-state index contributed by atoms with van der Waals surface area (Å²) >= 11 is 0. The zero-order valence-electron chi connectivity index (χ0n) is 16.7. The van der Waals surface area contributed by atoms with Crippen LogP contribution in [0.4, 0.5) is 0 Å². The van der Waals surface area contributed by atoms with Crippen molar-refractivity contribution in [2.24, 2.45) is 4.99 Å². The highest BCUT2D eigenvalue weighted by molar-refractivity contribution is 5.94. The van der Waals surface area contributed by atoms with Crippen LogP contribution in [0.15, 0.2) is 53.5 Å². The third kappa shape index (κ3) is 6.13. The Bertz CT molecular complexity index is 783. The second-order valence-electron chi connectivity index (χ2n) is 6.62. The van der Waals surface area contributed by atoms with Gasteiger partial charge in [-0.2, -0.15) is 0 Å². The van der Waals surface area contributed by atoms with Gasteiger partial charge >= 0.3 is 0 Å². The summed E-state index contributed by atoms with van der Waals surface area (Å²) in [6.07, 6.45) is 1.84. The zero-order valence-corrected chi connectivity index (χ0v) is 16.7. The van der Waals surface area contributed by atoms with Crippen LogP contribution in [0.25, 0.3) is 0 Å². The molecule has 0 bridgehead atoms. The lowest BCUT2D eigenvalue weighted by atomic mass is 10.1. The minimum absolute atomic E-state index is 0.0249. The number of carbonyl (C=O) groups is 1. The van der Waals surface area contributed by atoms with Crippen molar-refractivity contribution >= 4 is 11.9 Å². The van der Waals surface area contributed by atoms with Gasteiger partial charge in [0.2, 0.25) is 0 Å². The number of nitrogens with zero attached hydrogens (tertiary/aromatic N) is 2. The molecular formula is C22H30N4O. The zero-order chi connectivity index (χ0) is 19.6. The molecule has 2 rings (SSSR count). The Morgan fingerprint density at radius 2 is 1.78 bits per heavy atom. The molecule has 0 atom stereocenters. The summed E-state index contributed by atoms with van der Waals surface area (Å²) < 4.78 is 0. The standard InChI is InChI=1S/C22H30N4O/c1-5-18-10-6-7-11-20(18)16-25-22(23-2)24-14-13-17-9-8-12-19(15-17)21(27)26(3)4/h6-12,15H,5,13-14,16H2,1-4H3,(H2,23,24,25). The molecule has 0 unspecified atom stereocenters. The number of rotatable bonds is 7. The van der Waals surface area contributed by atoms with E-state index in [1.165, 1.54) is 11.1 Å².